The van der Waals surface area contributed by atoms with Gasteiger partial charge in [0.1, 0.15) is 5.82 Å². The van der Waals surface area contributed by atoms with Gasteiger partial charge in [-0.3, -0.25) is 4.79 Å². The highest BCUT2D eigenvalue weighted by molar-refractivity contribution is 9.10. The lowest BCUT2D eigenvalue weighted by atomic mass is 10.1. The predicted octanol–water partition coefficient (Wildman–Crippen LogP) is 3.45. The van der Waals surface area contributed by atoms with Crippen LogP contribution in [0.15, 0.2) is 46.9 Å². The number of carbonyl (C=O) groups is 2. The van der Waals surface area contributed by atoms with E-state index in [0.29, 0.717) is 43.0 Å². The number of hydrogen-bond donors (Lipinski definition) is 1. The van der Waals surface area contributed by atoms with Crippen LogP contribution in [0.2, 0.25) is 0 Å². The summed E-state index contributed by atoms with van der Waals surface area (Å²) in [6, 6.07) is 12.2. The van der Waals surface area contributed by atoms with Crippen LogP contribution in [0, 0.1) is 17.1 Å². The van der Waals surface area contributed by atoms with Crippen LogP contribution in [0.4, 0.5) is 14.9 Å². The zero-order valence-corrected chi connectivity index (χ0v) is 15.9. The molecule has 0 atom stereocenters. The van der Waals surface area contributed by atoms with E-state index >= 15 is 0 Å². The average molecular weight is 431 g/mol. The lowest BCUT2D eigenvalue weighted by Gasteiger charge is -2.34. The number of benzene rings is 2. The number of amides is 3. The van der Waals surface area contributed by atoms with Crippen LogP contribution in [0.5, 0.6) is 0 Å². The van der Waals surface area contributed by atoms with Gasteiger partial charge in [-0.05, 0) is 42.5 Å². The van der Waals surface area contributed by atoms with E-state index in [2.05, 4.69) is 21.2 Å². The molecule has 2 aromatic carbocycles. The third kappa shape index (κ3) is 4.44. The highest BCUT2D eigenvalue weighted by atomic mass is 79.9. The normalized spacial score (nSPS) is 13.8. The number of anilines is 1. The maximum Gasteiger partial charge on any atom is 0.321 e. The van der Waals surface area contributed by atoms with Crippen molar-refractivity contribution in [3.8, 4) is 6.07 Å². The van der Waals surface area contributed by atoms with Gasteiger partial charge in [-0.1, -0.05) is 15.9 Å². The number of piperazine rings is 1. The molecule has 0 bridgehead atoms. The Morgan fingerprint density at radius 3 is 2.30 bits per heavy atom. The Labute approximate surface area is 164 Å². The van der Waals surface area contributed by atoms with Gasteiger partial charge in [-0.2, -0.15) is 5.26 Å². The van der Waals surface area contributed by atoms with Crippen molar-refractivity contribution >= 4 is 33.6 Å². The molecule has 0 aliphatic carbocycles. The topological polar surface area (TPSA) is 76.4 Å². The van der Waals surface area contributed by atoms with Crippen LogP contribution in [0.1, 0.15) is 15.9 Å². The second-order valence-electron chi connectivity index (χ2n) is 6.02. The molecule has 1 heterocycles. The number of nitriles is 1. The van der Waals surface area contributed by atoms with E-state index in [1.807, 2.05) is 6.07 Å². The molecular formula is C19H16BrFN4O2. The van der Waals surface area contributed by atoms with Gasteiger partial charge in [0.2, 0.25) is 0 Å². The minimum atomic E-state index is -0.371. The summed E-state index contributed by atoms with van der Waals surface area (Å²) in [6.07, 6.45) is 0. The first-order valence-electron chi connectivity index (χ1n) is 8.28. The van der Waals surface area contributed by atoms with Gasteiger partial charge in [0, 0.05) is 36.3 Å². The maximum absolute atomic E-state index is 12.9. The zero-order valence-electron chi connectivity index (χ0n) is 14.3. The summed E-state index contributed by atoms with van der Waals surface area (Å²) in [5.41, 5.74) is 1.17. The largest absolute Gasteiger partial charge is 0.335 e. The highest BCUT2D eigenvalue weighted by Crippen LogP contribution is 2.19. The van der Waals surface area contributed by atoms with Crippen molar-refractivity contribution in [2.24, 2.45) is 0 Å². The molecule has 3 rings (SSSR count). The van der Waals surface area contributed by atoms with Gasteiger partial charge in [0.05, 0.1) is 17.2 Å². The number of nitrogens with one attached hydrogen (secondary N) is 1. The Hall–Kier alpha value is -2.92. The van der Waals surface area contributed by atoms with Crippen molar-refractivity contribution in [2.45, 2.75) is 0 Å². The van der Waals surface area contributed by atoms with Crippen molar-refractivity contribution in [2.75, 3.05) is 31.5 Å². The first-order chi connectivity index (χ1) is 13.0. The number of carbonyl (C=O) groups excluding carboxylic acids is 2. The van der Waals surface area contributed by atoms with Crippen LogP contribution in [0.3, 0.4) is 0 Å². The Bertz CT molecular complexity index is 903. The van der Waals surface area contributed by atoms with Crippen LogP contribution >= 0.6 is 15.9 Å². The van der Waals surface area contributed by atoms with E-state index in [4.69, 9.17) is 0 Å². The molecule has 0 spiro atoms. The predicted molar refractivity (Wildman–Crippen MR) is 102 cm³/mol. The van der Waals surface area contributed by atoms with Crippen LogP contribution in [-0.4, -0.2) is 47.9 Å². The first kappa shape index (κ1) is 18.9. The minimum Gasteiger partial charge on any atom is -0.335 e. The monoisotopic (exact) mass is 430 g/mol. The molecule has 1 N–H and O–H groups in total. The number of halogens is 2. The molecule has 0 unspecified atom stereocenters. The SMILES string of the molecule is N#Cc1cc(Br)ccc1C(=O)N1CCN(C(=O)Nc2ccc(F)cc2)CC1. The number of rotatable bonds is 2. The summed E-state index contributed by atoms with van der Waals surface area (Å²) >= 11 is 3.29. The van der Waals surface area contributed by atoms with E-state index in [1.165, 1.54) is 24.3 Å². The summed E-state index contributed by atoms with van der Waals surface area (Å²) < 4.78 is 13.7. The molecule has 27 heavy (non-hydrogen) atoms. The first-order valence-corrected chi connectivity index (χ1v) is 9.07. The molecule has 0 aromatic heterocycles. The van der Waals surface area contributed by atoms with Crippen molar-refractivity contribution in [1.29, 1.82) is 5.26 Å². The lowest BCUT2D eigenvalue weighted by Crippen LogP contribution is -2.51. The van der Waals surface area contributed by atoms with Gasteiger partial charge in [-0.15, -0.1) is 0 Å². The molecule has 8 heteroatoms. The number of nitrogens with zero attached hydrogens (tertiary/aromatic N) is 3. The highest BCUT2D eigenvalue weighted by Gasteiger charge is 2.26. The average Bonchev–Trinajstić information content (AvgIpc) is 2.69. The molecule has 0 radical (unpaired) electrons. The fourth-order valence-corrected chi connectivity index (χ4v) is 3.18. The van der Waals surface area contributed by atoms with Gasteiger partial charge in [-0.25, -0.2) is 9.18 Å². The van der Waals surface area contributed by atoms with Crippen LogP contribution in [-0.2, 0) is 0 Å². The van der Waals surface area contributed by atoms with Gasteiger partial charge in [0.15, 0.2) is 0 Å². The van der Waals surface area contributed by atoms with E-state index in [0.717, 1.165) is 4.47 Å². The zero-order chi connectivity index (χ0) is 19.4. The van der Waals surface area contributed by atoms with E-state index in [-0.39, 0.29) is 17.8 Å². The smallest absolute Gasteiger partial charge is 0.321 e. The third-order valence-corrected chi connectivity index (χ3v) is 4.78. The second kappa shape index (κ2) is 8.18. The molecule has 0 saturated carbocycles. The molecule has 2 aromatic rings. The van der Waals surface area contributed by atoms with E-state index in [9.17, 15) is 19.2 Å². The second-order valence-corrected chi connectivity index (χ2v) is 6.93. The third-order valence-electron chi connectivity index (χ3n) is 4.28. The quantitative estimate of drug-likeness (QED) is 0.792. The number of urea groups is 1. The molecular weight excluding hydrogens is 415 g/mol. The Balaban J connectivity index is 1.60. The maximum atomic E-state index is 12.9. The van der Waals surface area contributed by atoms with Crippen molar-refractivity contribution in [3.63, 3.8) is 0 Å². The summed E-state index contributed by atoms with van der Waals surface area (Å²) in [7, 11) is 0. The van der Waals surface area contributed by atoms with E-state index in [1.54, 1.807) is 28.0 Å². The fourth-order valence-electron chi connectivity index (χ4n) is 2.81. The molecule has 138 valence electrons. The Kier molecular flexibility index (Phi) is 5.72. The van der Waals surface area contributed by atoms with Gasteiger partial charge >= 0.3 is 6.03 Å². The van der Waals surface area contributed by atoms with Crippen molar-refractivity contribution < 1.29 is 14.0 Å². The van der Waals surface area contributed by atoms with Gasteiger partial charge < -0.3 is 15.1 Å². The summed E-state index contributed by atoms with van der Waals surface area (Å²) in [5.74, 6) is -0.595. The molecule has 1 fully saturated rings. The summed E-state index contributed by atoms with van der Waals surface area (Å²) in [6.45, 7) is 1.49. The summed E-state index contributed by atoms with van der Waals surface area (Å²) in [5, 5.41) is 11.9. The fraction of sp³-hybridized carbons (Fsp3) is 0.211. The molecule has 6 nitrogen and oxygen atoms in total. The van der Waals surface area contributed by atoms with Gasteiger partial charge in [0.25, 0.3) is 5.91 Å². The number of hydrogen-bond acceptors (Lipinski definition) is 3. The molecule has 1 saturated heterocycles. The summed E-state index contributed by atoms with van der Waals surface area (Å²) in [4.78, 5) is 28.2. The van der Waals surface area contributed by atoms with Crippen molar-refractivity contribution in [3.05, 3.63) is 63.9 Å². The van der Waals surface area contributed by atoms with Crippen LogP contribution < -0.4 is 5.32 Å². The van der Waals surface area contributed by atoms with Crippen molar-refractivity contribution in [1.82, 2.24) is 9.80 Å². The minimum absolute atomic E-state index is 0.224. The molecule has 1 aliphatic rings. The van der Waals surface area contributed by atoms with Crippen LogP contribution in [0.25, 0.3) is 0 Å². The van der Waals surface area contributed by atoms with E-state index < -0.39 is 0 Å². The Morgan fingerprint density at radius 1 is 1.04 bits per heavy atom. The molecule has 1 aliphatic heterocycles. The lowest BCUT2D eigenvalue weighted by molar-refractivity contribution is 0.0671. The molecule has 3 amide bonds. The standard InChI is InChI=1S/C19H16BrFN4O2/c20-14-1-6-17(13(11-14)12-22)18(26)24-7-9-25(10-8-24)19(27)23-16-4-2-15(21)3-5-16/h1-6,11H,7-10H2,(H,23,27). The Morgan fingerprint density at radius 2 is 1.67 bits per heavy atom.